The summed E-state index contributed by atoms with van der Waals surface area (Å²) in [5.41, 5.74) is 0.103. The smallest absolute Gasteiger partial charge is 1.00 e. The van der Waals surface area contributed by atoms with Gasteiger partial charge < -0.3 is 10.7 Å². The number of hydrogen-bond acceptors (Lipinski definition) is 3. The van der Waals surface area contributed by atoms with E-state index in [1.165, 1.54) is 7.11 Å². The average Bonchev–Trinajstić information content (AvgIpc) is 2.51. The van der Waals surface area contributed by atoms with Crippen molar-refractivity contribution in [1.29, 1.82) is 0 Å². The first-order chi connectivity index (χ1) is 10.9. The molecule has 124 valence electrons. The molecule has 3 nitrogen and oxygen atoms in total. The fourth-order valence-corrected chi connectivity index (χ4v) is 4.49. The first kappa shape index (κ1) is 21.2. The van der Waals surface area contributed by atoms with Crippen molar-refractivity contribution in [2.24, 2.45) is 0 Å². The number of methoxy groups -OCH3 is 1. The first-order valence-corrected chi connectivity index (χ1v) is 8.86. The van der Waals surface area contributed by atoms with Gasteiger partial charge in [0, 0.05) is 10.6 Å². The minimum atomic E-state index is -1.09. The zero-order valence-electron chi connectivity index (χ0n) is 15.7. The molecule has 2 aromatic carbocycles. The quantitative estimate of drug-likeness (QED) is 0.461. The number of carbonyl (C=O) groups is 1. The van der Waals surface area contributed by atoms with E-state index in [-0.39, 0.29) is 25.9 Å². The second-order valence-electron chi connectivity index (χ2n) is 6.00. The van der Waals surface area contributed by atoms with E-state index in [2.05, 4.69) is 0 Å². The van der Waals surface area contributed by atoms with Gasteiger partial charge in [0.1, 0.15) is 5.75 Å². The molecular weight excluding hydrogens is 338 g/mol. The molecule has 6 heteroatoms. The molecule has 1 atom stereocenters. The summed E-state index contributed by atoms with van der Waals surface area (Å²) in [6.07, 6.45) is 0.754. The molecule has 0 amide bonds. The van der Waals surface area contributed by atoms with Crippen molar-refractivity contribution >= 4 is 36.6 Å². The number of aldehydes is 1. The van der Waals surface area contributed by atoms with Gasteiger partial charge in [0.05, 0.1) is 31.4 Å². The summed E-state index contributed by atoms with van der Waals surface area (Å²) in [5, 5.41) is 2.36. The number of carbonyl (C=O) groups excluding carboxylic acids is 1. The minimum absolute atomic E-state index is 0. The van der Waals surface area contributed by atoms with E-state index in [0.717, 1.165) is 16.9 Å². The Kier molecular flexibility index (Phi) is 8.00. The van der Waals surface area contributed by atoms with Crippen LogP contribution in [0.15, 0.2) is 42.5 Å². The SMILES string of the molecule is COc1c(Cl)cc(P(OC(C)(C)C)c2ccccc2)cc1C=O.[H-].[Li+]. The molecule has 0 aliphatic heterocycles. The van der Waals surface area contributed by atoms with Gasteiger partial charge >= 0.3 is 18.9 Å². The summed E-state index contributed by atoms with van der Waals surface area (Å²) < 4.78 is 11.5. The maximum Gasteiger partial charge on any atom is 1.00 e. The van der Waals surface area contributed by atoms with Crippen LogP contribution in [0, 0.1) is 0 Å². The Morgan fingerprint density at radius 3 is 2.25 bits per heavy atom. The average molecular weight is 359 g/mol. The normalized spacial score (nSPS) is 12.2. The van der Waals surface area contributed by atoms with E-state index >= 15 is 0 Å². The van der Waals surface area contributed by atoms with Gasteiger partial charge in [-0.15, -0.1) is 0 Å². The van der Waals surface area contributed by atoms with Crippen molar-refractivity contribution in [3.05, 3.63) is 53.1 Å². The Morgan fingerprint density at radius 1 is 1.12 bits per heavy atom. The molecule has 0 aliphatic carbocycles. The van der Waals surface area contributed by atoms with Crippen LogP contribution in [0.4, 0.5) is 0 Å². The van der Waals surface area contributed by atoms with Crippen LogP contribution in [-0.4, -0.2) is 19.0 Å². The second-order valence-corrected chi connectivity index (χ2v) is 8.21. The molecule has 0 N–H and O–H groups in total. The summed E-state index contributed by atoms with van der Waals surface area (Å²) in [6, 6.07) is 13.6. The van der Waals surface area contributed by atoms with Gasteiger partial charge in [0.15, 0.2) is 6.29 Å². The summed E-state index contributed by atoms with van der Waals surface area (Å²) in [6.45, 7) is 6.03. The topological polar surface area (TPSA) is 35.5 Å². The zero-order chi connectivity index (χ0) is 17.0. The Balaban J connectivity index is 0.00000288. The van der Waals surface area contributed by atoms with Gasteiger partial charge in [-0.05, 0) is 32.9 Å². The summed E-state index contributed by atoms with van der Waals surface area (Å²) in [7, 11) is 0.406. The molecule has 0 aromatic heterocycles. The molecule has 0 heterocycles. The van der Waals surface area contributed by atoms with Crippen LogP contribution in [0.1, 0.15) is 32.6 Å². The van der Waals surface area contributed by atoms with Gasteiger partial charge in [0.25, 0.3) is 0 Å². The standard InChI is InChI=1S/C18H20ClO3P.Li.H/c1-18(2,3)22-23(14-8-6-5-7-9-14)15-10-13(12-20)17(21-4)16(19)11-15;;/h5-12H,1-4H3;;/q;+1;-1. The third-order valence-electron chi connectivity index (χ3n) is 2.98. The Labute approximate surface area is 163 Å². The second kappa shape index (κ2) is 9.04. The fourth-order valence-electron chi connectivity index (χ4n) is 2.11. The van der Waals surface area contributed by atoms with E-state index in [4.69, 9.17) is 20.9 Å². The number of rotatable bonds is 5. The van der Waals surface area contributed by atoms with Crippen LogP contribution < -0.4 is 34.2 Å². The molecule has 0 saturated carbocycles. The van der Waals surface area contributed by atoms with Gasteiger partial charge in [-0.3, -0.25) is 4.79 Å². The molecule has 0 spiro atoms. The first-order valence-electron chi connectivity index (χ1n) is 7.23. The Morgan fingerprint density at radius 2 is 1.75 bits per heavy atom. The number of hydrogen-bond donors (Lipinski definition) is 0. The monoisotopic (exact) mass is 358 g/mol. The Bertz CT molecular complexity index is 693. The summed E-state index contributed by atoms with van der Waals surface area (Å²) in [4.78, 5) is 11.4. The van der Waals surface area contributed by atoms with Gasteiger partial charge in [-0.1, -0.05) is 41.9 Å². The van der Waals surface area contributed by atoms with Crippen molar-refractivity contribution in [3.63, 3.8) is 0 Å². The maximum atomic E-state index is 11.4. The third-order valence-corrected chi connectivity index (χ3v) is 5.48. The molecular formula is C18H21ClLiO3P. The van der Waals surface area contributed by atoms with Gasteiger partial charge in [-0.25, -0.2) is 0 Å². The molecule has 24 heavy (non-hydrogen) atoms. The van der Waals surface area contributed by atoms with E-state index in [1.807, 2.05) is 57.2 Å². The van der Waals surface area contributed by atoms with Crippen LogP contribution >= 0.6 is 19.7 Å². The summed E-state index contributed by atoms with van der Waals surface area (Å²) in [5.74, 6) is 0.393. The van der Waals surface area contributed by atoms with Crippen molar-refractivity contribution in [2.45, 2.75) is 26.4 Å². The molecule has 1 unspecified atom stereocenters. The minimum Gasteiger partial charge on any atom is -1.00 e. The molecule has 2 aromatic rings. The van der Waals surface area contributed by atoms with E-state index in [9.17, 15) is 4.79 Å². The maximum absolute atomic E-state index is 11.4. The van der Waals surface area contributed by atoms with Crippen molar-refractivity contribution in [3.8, 4) is 5.75 Å². The van der Waals surface area contributed by atoms with Crippen LogP contribution in [0.3, 0.4) is 0 Å². The molecule has 2 rings (SSSR count). The predicted octanol–water partition coefficient (Wildman–Crippen LogP) is 1.44. The fraction of sp³-hybridized carbons (Fsp3) is 0.278. The molecule has 0 radical (unpaired) electrons. The van der Waals surface area contributed by atoms with Gasteiger partial charge in [0.2, 0.25) is 0 Å². The van der Waals surface area contributed by atoms with Crippen LogP contribution in [0.5, 0.6) is 5.75 Å². The molecule has 0 aliphatic rings. The van der Waals surface area contributed by atoms with Crippen LogP contribution in [0.2, 0.25) is 5.02 Å². The molecule has 0 fully saturated rings. The van der Waals surface area contributed by atoms with E-state index < -0.39 is 8.15 Å². The van der Waals surface area contributed by atoms with E-state index in [0.29, 0.717) is 16.3 Å². The number of benzene rings is 2. The van der Waals surface area contributed by atoms with Gasteiger partial charge in [-0.2, -0.15) is 0 Å². The van der Waals surface area contributed by atoms with Crippen molar-refractivity contribution in [1.82, 2.24) is 0 Å². The largest absolute Gasteiger partial charge is 1.00 e. The molecule has 0 saturated heterocycles. The van der Waals surface area contributed by atoms with Crippen LogP contribution in [-0.2, 0) is 4.52 Å². The van der Waals surface area contributed by atoms with Crippen molar-refractivity contribution in [2.75, 3.05) is 7.11 Å². The zero-order valence-corrected chi connectivity index (χ0v) is 16.3. The number of halogens is 1. The van der Waals surface area contributed by atoms with Crippen LogP contribution in [0.25, 0.3) is 0 Å². The molecule has 0 bridgehead atoms. The third kappa shape index (κ3) is 5.35. The summed E-state index contributed by atoms with van der Waals surface area (Å²) >= 11 is 6.29. The van der Waals surface area contributed by atoms with Crippen molar-refractivity contribution < 1.29 is 34.3 Å². The Hall–Kier alpha value is -0.813. The number of ether oxygens (including phenoxy) is 1. The van der Waals surface area contributed by atoms with E-state index in [1.54, 1.807) is 6.07 Å². The predicted molar refractivity (Wildman–Crippen MR) is 98.0 cm³/mol.